The highest BCUT2D eigenvalue weighted by molar-refractivity contribution is 8.18. The number of thioether (sulfide) groups is 1. The summed E-state index contributed by atoms with van der Waals surface area (Å²) in [5.41, 5.74) is 0.616. The number of carbonyl (C=O) groups is 1. The quantitative estimate of drug-likeness (QED) is 0.321. The Kier molecular flexibility index (Phi) is 5.91. The first kappa shape index (κ1) is 20.0. The average Bonchev–Trinajstić information content (AvgIpc) is 3.41. The van der Waals surface area contributed by atoms with Gasteiger partial charge >= 0.3 is 0 Å². The van der Waals surface area contributed by atoms with Crippen molar-refractivity contribution in [2.45, 2.75) is 0 Å². The normalized spacial score (nSPS) is 16.9. The molecule has 1 fully saturated rings. The number of furan rings is 1. The number of nitrogens with zero attached hydrogens (tertiary/aromatic N) is 3. The van der Waals surface area contributed by atoms with Crippen molar-refractivity contribution in [3.05, 3.63) is 75.3 Å². The van der Waals surface area contributed by atoms with Gasteiger partial charge in [-0.2, -0.15) is 4.99 Å². The average molecular weight is 462 g/mol. The number of aromatic nitrogens is 1. The smallest absolute Gasteiger partial charge is 0.267 e. The number of halogens is 2. The Balaban J connectivity index is 1.66. The number of thiazole rings is 1. The summed E-state index contributed by atoms with van der Waals surface area (Å²) in [5, 5.41) is 3.96. The summed E-state index contributed by atoms with van der Waals surface area (Å²) in [4.78, 5) is 23.5. The molecule has 0 atom stereocenters. The lowest BCUT2D eigenvalue weighted by molar-refractivity contribution is -0.121. The number of hydrogen-bond acceptors (Lipinski definition) is 6. The van der Waals surface area contributed by atoms with E-state index in [1.807, 2.05) is 5.38 Å². The maximum atomic E-state index is 12.8. The van der Waals surface area contributed by atoms with Crippen molar-refractivity contribution in [2.75, 3.05) is 6.54 Å². The molecule has 1 amide bonds. The van der Waals surface area contributed by atoms with Crippen LogP contribution in [0.2, 0.25) is 10.0 Å². The first-order chi connectivity index (χ1) is 14.1. The zero-order valence-corrected chi connectivity index (χ0v) is 18.0. The van der Waals surface area contributed by atoms with Crippen molar-refractivity contribution in [3.8, 4) is 11.3 Å². The van der Waals surface area contributed by atoms with Crippen molar-refractivity contribution in [3.63, 3.8) is 0 Å². The molecule has 9 heteroatoms. The van der Waals surface area contributed by atoms with Gasteiger partial charge in [0, 0.05) is 24.2 Å². The number of benzene rings is 1. The lowest BCUT2D eigenvalue weighted by atomic mass is 10.2. The van der Waals surface area contributed by atoms with E-state index in [4.69, 9.17) is 27.6 Å². The zero-order valence-electron chi connectivity index (χ0n) is 14.8. The van der Waals surface area contributed by atoms with E-state index >= 15 is 0 Å². The van der Waals surface area contributed by atoms with Gasteiger partial charge in [-0.05, 0) is 36.0 Å². The predicted molar refractivity (Wildman–Crippen MR) is 121 cm³/mol. The lowest BCUT2D eigenvalue weighted by Crippen LogP contribution is -2.29. The lowest BCUT2D eigenvalue weighted by Gasteiger charge is -2.11. The highest BCUT2D eigenvalue weighted by Gasteiger charge is 2.33. The molecule has 29 heavy (non-hydrogen) atoms. The van der Waals surface area contributed by atoms with Crippen molar-refractivity contribution in [1.82, 2.24) is 9.88 Å². The largest absolute Gasteiger partial charge is 0.457 e. The Labute approximate surface area is 185 Å². The van der Waals surface area contributed by atoms with Gasteiger partial charge in [0.1, 0.15) is 11.5 Å². The van der Waals surface area contributed by atoms with Gasteiger partial charge in [-0.3, -0.25) is 9.69 Å². The summed E-state index contributed by atoms with van der Waals surface area (Å²) in [6.45, 7) is 4.07. The Bertz CT molecular complexity index is 1120. The predicted octanol–water partition coefficient (Wildman–Crippen LogP) is 6.50. The molecule has 0 bridgehead atoms. The minimum Gasteiger partial charge on any atom is -0.457 e. The number of aliphatic imine (C=N–C) groups is 1. The van der Waals surface area contributed by atoms with E-state index in [0.29, 0.717) is 48.9 Å². The van der Waals surface area contributed by atoms with Gasteiger partial charge in [0.05, 0.1) is 20.5 Å². The van der Waals surface area contributed by atoms with Crippen molar-refractivity contribution in [1.29, 1.82) is 0 Å². The van der Waals surface area contributed by atoms with Crippen LogP contribution in [0.1, 0.15) is 5.76 Å². The molecular weight excluding hydrogens is 449 g/mol. The van der Waals surface area contributed by atoms with Crippen LogP contribution in [0.5, 0.6) is 0 Å². The molecule has 0 aliphatic carbocycles. The minimum absolute atomic E-state index is 0.168. The van der Waals surface area contributed by atoms with Crippen LogP contribution in [0.4, 0.5) is 5.13 Å². The van der Waals surface area contributed by atoms with Gasteiger partial charge < -0.3 is 4.42 Å². The van der Waals surface area contributed by atoms with Crippen LogP contribution >= 0.6 is 46.3 Å². The van der Waals surface area contributed by atoms with Gasteiger partial charge in [0.2, 0.25) is 5.13 Å². The molecule has 4 rings (SSSR count). The van der Waals surface area contributed by atoms with Gasteiger partial charge in [0.25, 0.3) is 5.91 Å². The zero-order chi connectivity index (χ0) is 20.4. The first-order valence-corrected chi connectivity index (χ1v) is 10.9. The van der Waals surface area contributed by atoms with Gasteiger partial charge in [-0.1, -0.05) is 35.3 Å². The second kappa shape index (κ2) is 8.59. The van der Waals surface area contributed by atoms with Crippen LogP contribution < -0.4 is 0 Å². The van der Waals surface area contributed by atoms with Crippen LogP contribution in [0.25, 0.3) is 17.4 Å². The van der Waals surface area contributed by atoms with Crippen molar-refractivity contribution < 1.29 is 9.21 Å². The van der Waals surface area contributed by atoms with Crippen LogP contribution in [0, 0.1) is 0 Å². The molecule has 1 saturated heterocycles. The van der Waals surface area contributed by atoms with E-state index in [1.165, 1.54) is 23.1 Å². The Morgan fingerprint density at radius 3 is 2.72 bits per heavy atom. The highest BCUT2D eigenvalue weighted by atomic mass is 35.5. The monoisotopic (exact) mass is 461 g/mol. The molecule has 1 aromatic carbocycles. The van der Waals surface area contributed by atoms with Crippen LogP contribution in [0.15, 0.2) is 68.9 Å². The molecule has 0 spiro atoms. The van der Waals surface area contributed by atoms with E-state index in [1.54, 1.807) is 53.6 Å². The molecule has 0 unspecified atom stereocenters. The van der Waals surface area contributed by atoms with E-state index in [2.05, 4.69) is 16.6 Å². The highest BCUT2D eigenvalue weighted by Crippen LogP contribution is 2.38. The number of rotatable bonds is 5. The fourth-order valence-corrected chi connectivity index (χ4v) is 4.78. The summed E-state index contributed by atoms with van der Waals surface area (Å²) in [6, 6.07) is 8.80. The summed E-state index contributed by atoms with van der Waals surface area (Å²) in [7, 11) is 0. The number of amidine groups is 1. The fourth-order valence-electron chi connectivity index (χ4n) is 2.66. The molecule has 2 aromatic heterocycles. The second-order valence-electron chi connectivity index (χ2n) is 5.82. The summed E-state index contributed by atoms with van der Waals surface area (Å²) in [6.07, 6.45) is 5.01. The summed E-state index contributed by atoms with van der Waals surface area (Å²) >= 11 is 15.2. The third kappa shape index (κ3) is 4.18. The molecule has 146 valence electrons. The molecule has 0 radical (unpaired) electrons. The fraction of sp³-hybridized carbons (Fsp3) is 0.0500. The molecule has 1 aliphatic rings. The van der Waals surface area contributed by atoms with Gasteiger partial charge in [-0.25, -0.2) is 4.98 Å². The van der Waals surface area contributed by atoms with E-state index < -0.39 is 0 Å². The van der Waals surface area contributed by atoms with Crippen LogP contribution in [-0.4, -0.2) is 27.5 Å². The Morgan fingerprint density at radius 1 is 1.24 bits per heavy atom. The SMILES string of the molecule is C=CCN1C(=O)C(=Cc2ccc(-c3c(Cl)cccc3Cl)o2)SC1=Nc1nccs1. The number of hydrogen-bond donors (Lipinski definition) is 0. The van der Waals surface area contributed by atoms with E-state index in [0.717, 1.165) is 0 Å². The Hall–Kier alpha value is -2.32. The summed E-state index contributed by atoms with van der Waals surface area (Å²) in [5.74, 6) is 0.877. The molecule has 3 heterocycles. The topological polar surface area (TPSA) is 58.7 Å². The molecule has 1 aliphatic heterocycles. The van der Waals surface area contributed by atoms with Crippen molar-refractivity contribution in [2.24, 2.45) is 4.99 Å². The standard InChI is InChI=1S/C20H13Cl2N3O2S2/c1-2-9-25-18(26)16(29-20(25)24-19-23-8-10-28-19)11-12-6-7-15(27-12)17-13(21)4-3-5-14(17)22/h2-8,10-11H,1,9H2. The molecule has 0 N–H and O–H groups in total. The third-order valence-corrected chi connectivity index (χ3v) is 6.22. The molecule has 5 nitrogen and oxygen atoms in total. The first-order valence-electron chi connectivity index (χ1n) is 8.41. The maximum absolute atomic E-state index is 12.8. The summed E-state index contributed by atoms with van der Waals surface area (Å²) < 4.78 is 5.88. The minimum atomic E-state index is -0.168. The molecule has 3 aromatic rings. The van der Waals surface area contributed by atoms with Crippen LogP contribution in [-0.2, 0) is 4.79 Å². The maximum Gasteiger partial charge on any atom is 0.267 e. The third-order valence-electron chi connectivity index (χ3n) is 3.92. The van der Waals surface area contributed by atoms with E-state index in [9.17, 15) is 4.79 Å². The van der Waals surface area contributed by atoms with Gasteiger partial charge in [0.15, 0.2) is 5.17 Å². The van der Waals surface area contributed by atoms with Gasteiger partial charge in [-0.15, -0.1) is 17.9 Å². The number of amides is 1. The molecule has 0 saturated carbocycles. The Morgan fingerprint density at radius 2 is 2.03 bits per heavy atom. The molecular formula is C20H13Cl2N3O2S2. The van der Waals surface area contributed by atoms with E-state index in [-0.39, 0.29) is 5.91 Å². The second-order valence-corrected chi connectivity index (χ2v) is 8.52. The van der Waals surface area contributed by atoms with Crippen LogP contribution in [0.3, 0.4) is 0 Å². The number of carbonyl (C=O) groups excluding carboxylic acids is 1. The van der Waals surface area contributed by atoms with Crippen molar-refractivity contribution >= 4 is 68.6 Å².